The topological polar surface area (TPSA) is 271 Å². The first-order valence-electron chi connectivity index (χ1n) is 10.6. The third-order valence-corrected chi connectivity index (χ3v) is 4.85. The molecular weight excluding hydrogens is 482 g/mol. The molecule has 0 saturated carbocycles. The lowest BCUT2D eigenvalue weighted by Gasteiger charge is -2.25. The summed E-state index contributed by atoms with van der Waals surface area (Å²) in [5.41, 5.74) is 11.0. The molecule has 1 rings (SSSR count). The number of carbonyl (C=O) groups is 6. The van der Waals surface area contributed by atoms with E-state index in [4.69, 9.17) is 21.7 Å². The zero-order valence-corrected chi connectivity index (χ0v) is 19.0. The largest absolute Gasteiger partial charge is 0.508 e. The summed E-state index contributed by atoms with van der Waals surface area (Å²) < 4.78 is 0. The molecule has 0 saturated heterocycles. The molecule has 15 heteroatoms. The van der Waals surface area contributed by atoms with Gasteiger partial charge in [0, 0.05) is 12.8 Å². The monoisotopic (exact) mass is 511 g/mol. The Morgan fingerprint density at radius 1 is 0.833 bits per heavy atom. The Kier molecular flexibility index (Phi) is 11.8. The number of nitrogens with two attached hydrogens (primary N) is 2. The molecule has 0 heterocycles. The molecule has 0 aliphatic rings. The number of rotatable bonds is 15. The van der Waals surface area contributed by atoms with Crippen molar-refractivity contribution in [1.82, 2.24) is 16.0 Å². The van der Waals surface area contributed by atoms with E-state index in [-0.39, 0.29) is 25.0 Å². The molecule has 4 atom stereocenters. The summed E-state index contributed by atoms with van der Waals surface area (Å²) in [5.74, 6) is -6.90. The van der Waals surface area contributed by atoms with Crippen molar-refractivity contribution in [1.29, 1.82) is 0 Å². The standard InChI is InChI=1S/C21H29N5O10/c22-12(9-27)18(32)24-13(5-6-16(23)29)19(33)25-14(7-10-1-3-11(28)4-2-10)20(34)26-15(21(35)36)8-17(30)31/h1-4,12-15,27-28H,5-9,22H2,(H2,23,29)(H,24,32)(H,25,33)(H,26,34)(H,30,31)(H,35,36). The van der Waals surface area contributed by atoms with Gasteiger partial charge < -0.3 is 47.8 Å². The lowest BCUT2D eigenvalue weighted by Crippen LogP contribution is -2.58. The smallest absolute Gasteiger partial charge is 0.326 e. The van der Waals surface area contributed by atoms with E-state index < -0.39 is 72.8 Å². The maximum Gasteiger partial charge on any atom is 0.326 e. The number of aliphatic hydroxyl groups is 1. The van der Waals surface area contributed by atoms with Crippen molar-refractivity contribution < 1.29 is 49.2 Å². The van der Waals surface area contributed by atoms with Crippen LogP contribution < -0.4 is 27.4 Å². The number of aromatic hydroxyl groups is 1. The first-order chi connectivity index (χ1) is 16.8. The Morgan fingerprint density at radius 3 is 1.86 bits per heavy atom. The van der Waals surface area contributed by atoms with Crippen LogP contribution in [0.5, 0.6) is 5.75 Å². The van der Waals surface area contributed by atoms with Crippen LogP contribution in [-0.2, 0) is 35.2 Å². The number of carboxylic acids is 2. The van der Waals surface area contributed by atoms with Gasteiger partial charge in [0.05, 0.1) is 13.0 Å². The number of amides is 4. The highest BCUT2D eigenvalue weighted by Crippen LogP contribution is 2.12. The third-order valence-electron chi connectivity index (χ3n) is 4.85. The SMILES string of the molecule is NC(=O)CCC(NC(=O)C(N)CO)C(=O)NC(Cc1ccc(O)cc1)C(=O)NC(CC(=O)O)C(=O)O. The summed E-state index contributed by atoms with van der Waals surface area (Å²) in [7, 11) is 0. The maximum atomic E-state index is 12.9. The summed E-state index contributed by atoms with van der Waals surface area (Å²) in [5, 5.41) is 43.3. The molecule has 4 amide bonds. The van der Waals surface area contributed by atoms with Crippen LogP contribution in [0.15, 0.2) is 24.3 Å². The number of phenols is 1. The number of primary amides is 1. The molecule has 0 aliphatic heterocycles. The van der Waals surface area contributed by atoms with Gasteiger partial charge in [0.25, 0.3) is 0 Å². The van der Waals surface area contributed by atoms with Crippen LogP contribution in [0.3, 0.4) is 0 Å². The number of hydrogen-bond donors (Lipinski definition) is 9. The molecule has 4 unspecified atom stereocenters. The van der Waals surface area contributed by atoms with E-state index in [2.05, 4.69) is 10.6 Å². The van der Waals surface area contributed by atoms with Crippen molar-refractivity contribution in [3.8, 4) is 5.75 Å². The van der Waals surface area contributed by atoms with Gasteiger partial charge in [-0.2, -0.15) is 0 Å². The predicted octanol–water partition coefficient (Wildman–Crippen LogP) is -3.47. The number of aliphatic carboxylic acids is 2. The number of benzene rings is 1. The Bertz CT molecular complexity index is 968. The van der Waals surface area contributed by atoms with E-state index in [0.29, 0.717) is 5.56 Å². The molecule has 36 heavy (non-hydrogen) atoms. The fourth-order valence-electron chi connectivity index (χ4n) is 2.91. The molecule has 0 fully saturated rings. The average molecular weight is 511 g/mol. The summed E-state index contributed by atoms with van der Waals surface area (Å²) in [6.45, 7) is -0.734. The average Bonchev–Trinajstić information content (AvgIpc) is 2.80. The van der Waals surface area contributed by atoms with Crippen LogP contribution in [0, 0.1) is 0 Å². The van der Waals surface area contributed by atoms with Gasteiger partial charge in [-0.05, 0) is 24.1 Å². The number of carbonyl (C=O) groups excluding carboxylic acids is 4. The summed E-state index contributed by atoms with van der Waals surface area (Å²) >= 11 is 0. The van der Waals surface area contributed by atoms with Gasteiger partial charge in [0.1, 0.15) is 29.9 Å². The van der Waals surface area contributed by atoms with E-state index >= 15 is 0 Å². The van der Waals surface area contributed by atoms with Crippen molar-refractivity contribution >= 4 is 35.6 Å². The molecule has 1 aromatic carbocycles. The zero-order chi connectivity index (χ0) is 27.4. The van der Waals surface area contributed by atoms with E-state index in [1.165, 1.54) is 24.3 Å². The van der Waals surface area contributed by atoms with Crippen molar-refractivity contribution in [2.45, 2.75) is 49.9 Å². The van der Waals surface area contributed by atoms with Gasteiger partial charge in [-0.1, -0.05) is 12.1 Å². The Labute approximate surface area is 204 Å². The van der Waals surface area contributed by atoms with Gasteiger partial charge in [-0.25, -0.2) is 4.79 Å². The third kappa shape index (κ3) is 10.4. The lowest BCUT2D eigenvalue weighted by molar-refractivity contribution is -0.147. The van der Waals surface area contributed by atoms with Crippen LogP contribution in [0.1, 0.15) is 24.8 Å². The quantitative estimate of drug-likeness (QED) is 0.112. The molecule has 198 valence electrons. The molecular formula is C21H29N5O10. The van der Waals surface area contributed by atoms with Crippen LogP contribution >= 0.6 is 0 Å². The number of carboxylic acid groups (broad SMARTS) is 2. The van der Waals surface area contributed by atoms with E-state index in [1.807, 2.05) is 5.32 Å². The highest BCUT2D eigenvalue weighted by atomic mass is 16.4. The molecule has 0 bridgehead atoms. The van der Waals surface area contributed by atoms with Gasteiger partial charge in [0.15, 0.2) is 0 Å². The van der Waals surface area contributed by atoms with Gasteiger partial charge >= 0.3 is 11.9 Å². The zero-order valence-electron chi connectivity index (χ0n) is 19.0. The minimum absolute atomic E-state index is 0.0781. The summed E-state index contributed by atoms with van der Waals surface area (Å²) in [6, 6.07) is -0.574. The highest BCUT2D eigenvalue weighted by Gasteiger charge is 2.31. The van der Waals surface area contributed by atoms with Gasteiger partial charge in [0.2, 0.25) is 23.6 Å². The number of hydrogen-bond acceptors (Lipinski definition) is 9. The fraction of sp³-hybridized carbons (Fsp3) is 0.429. The predicted molar refractivity (Wildman–Crippen MR) is 121 cm³/mol. The number of nitrogens with one attached hydrogen (secondary N) is 3. The maximum absolute atomic E-state index is 12.9. The first kappa shape index (κ1) is 29.8. The van der Waals surface area contributed by atoms with Crippen LogP contribution in [-0.4, -0.2) is 86.8 Å². The van der Waals surface area contributed by atoms with Gasteiger partial charge in [-0.3, -0.25) is 24.0 Å². The lowest BCUT2D eigenvalue weighted by atomic mass is 10.0. The van der Waals surface area contributed by atoms with Crippen LogP contribution in [0.2, 0.25) is 0 Å². The molecule has 1 aromatic rings. The van der Waals surface area contributed by atoms with E-state index in [0.717, 1.165) is 0 Å². The second-order valence-electron chi connectivity index (χ2n) is 7.78. The normalized spacial score (nSPS) is 13.9. The molecule has 11 N–H and O–H groups in total. The van der Waals surface area contributed by atoms with Gasteiger partial charge in [-0.15, -0.1) is 0 Å². The second-order valence-corrected chi connectivity index (χ2v) is 7.78. The van der Waals surface area contributed by atoms with Crippen LogP contribution in [0.4, 0.5) is 0 Å². The minimum atomic E-state index is -1.80. The highest BCUT2D eigenvalue weighted by molar-refractivity contribution is 5.95. The fourth-order valence-corrected chi connectivity index (χ4v) is 2.91. The molecule has 0 spiro atoms. The van der Waals surface area contributed by atoms with E-state index in [1.54, 1.807) is 0 Å². The van der Waals surface area contributed by atoms with Crippen molar-refractivity contribution in [2.24, 2.45) is 11.5 Å². The van der Waals surface area contributed by atoms with Crippen molar-refractivity contribution in [2.75, 3.05) is 6.61 Å². The van der Waals surface area contributed by atoms with E-state index in [9.17, 15) is 39.0 Å². The summed E-state index contributed by atoms with van der Waals surface area (Å²) in [6.07, 6.45) is -1.77. The Morgan fingerprint density at radius 2 is 1.36 bits per heavy atom. The summed E-state index contributed by atoms with van der Waals surface area (Å²) in [4.78, 5) is 71.4. The van der Waals surface area contributed by atoms with Crippen molar-refractivity contribution in [3.05, 3.63) is 29.8 Å². The molecule has 0 radical (unpaired) electrons. The molecule has 0 aliphatic carbocycles. The minimum Gasteiger partial charge on any atom is -0.508 e. The Balaban J connectivity index is 3.18. The van der Waals surface area contributed by atoms with Crippen LogP contribution in [0.25, 0.3) is 0 Å². The molecule has 0 aromatic heterocycles. The van der Waals surface area contributed by atoms with Crippen molar-refractivity contribution in [3.63, 3.8) is 0 Å². The number of aliphatic hydroxyl groups excluding tert-OH is 1. The molecule has 15 nitrogen and oxygen atoms in total. The Hall–Kier alpha value is -4.24. The number of phenolic OH excluding ortho intramolecular Hbond substituents is 1. The first-order valence-corrected chi connectivity index (χ1v) is 10.6. The second kappa shape index (κ2) is 14.2.